The Bertz CT molecular complexity index is 1480. The summed E-state index contributed by atoms with van der Waals surface area (Å²) in [4.78, 5) is 40.6. The van der Waals surface area contributed by atoms with Crippen LogP contribution in [0.3, 0.4) is 0 Å². The molecule has 0 spiro atoms. The minimum absolute atomic E-state index is 0.0685. The summed E-state index contributed by atoms with van der Waals surface area (Å²) in [6, 6.07) is 16.7. The SMILES string of the molecule is Cn1ccc(-c2cccc(-c3csc(NC(=O)CNC(=O)c4cccc(C(C)(C)COC(N)=O)c4)n3)c2)n1. The van der Waals surface area contributed by atoms with Gasteiger partial charge in [-0.25, -0.2) is 9.78 Å². The van der Waals surface area contributed by atoms with Gasteiger partial charge >= 0.3 is 6.09 Å². The molecule has 0 aliphatic heterocycles. The molecule has 4 rings (SSSR count). The van der Waals surface area contributed by atoms with Crippen molar-refractivity contribution in [3.8, 4) is 22.5 Å². The Morgan fingerprint density at radius 3 is 2.50 bits per heavy atom. The standard InChI is InChI=1S/C27H28N6O4S/c1-27(2,16-37-25(28)36)20-9-5-8-19(13-20)24(35)29-14-23(34)31-26-30-22(15-38-26)18-7-4-6-17(12-18)21-10-11-33(3)32-21/h4-13,15H,14,16H2,1-3H3,(H2,28,36)(H,29,35)(H,30,31,34). The number of amides is 3. The Morgan fingerprint density at radius 2 is 1.79 bits per heavy atom. The molecule has 0 aliphatic rings. The zero-order valence-corrected chi connectivity index (χ0v) is 22.0. The molecule has 0 unspecified atom stereocenters. The number of ether oxygens (including phenoxy) is 1. The van der Waals surface area contributed by atoms with E-state index in [0.717, 1.165) is 28.1 Å². The predicted octanol–water partition coefficient (Wildman–Crippen LogP) is 3.95. The maximum atomic E-state index is 12.7. The molecule has 0 fully saturated rings. The van der Waals surface area contributed by atoms with Gasteiger partial charge in [-0.15, -0.1) is 11.3 Å². The van der Waals surface area contributed by atoms with Gasteiger partial charge in [0.05, 0.1) is 17.9 Å². The topological polar surface area (TPSA) is 141 Å². The number of hydrogen-bond acceptors (Lipinski definition) is 7. The van der Waals surface area contributed by atoms with E-state index >= 15 is 0 Å². The fourth-order valence-electron chi connectivity index (χ4n) is 3.71. The summed E-state index contributed by atoms with van der Waals surface area (Å²) < 4.78 is 6.68. The van der Waals surface area contributed by atoms with Gasteiger partial charge in [0.1, 0.15) is 6.61 Å². The average Bonchev–Trinajstić information content (AvgIpc) is 3.55. The van der Waals surface area contributed by atoms with Crippen LogP contribution < -0.4 is 16.4 Å². The zero-order chi connectivity index (χ0) is 27.3. The highest BCUT2D eigenvalue weighted by Gasteiger charge is 2.23. The lowest BCUT2D eigenvalue weighted by Crippen LogP contribution is -2.33. The lowest BCUT2D eigenvalue weighted by atomic mass is 9.84. The summed E-state index contributed by atoms with van der Waals surface area (Å²) in [5.74, 6) is -0.799. The van der Waals surface area contributed by atoms with Gasteiger partial charge in [0.25, 0.3) is 5.91 Å². The lowest BCUT2D eigenvalue weighted by molar-refractivity contribution is -0.115. The summed E-state index contributed by atoms with van der Waals surface area (Å²) >= 11 is 1.30. The van der Waals surface area contributed by atoms with Gasteiger partial charge in [0.2, 0.25) is 5.91 Å². The van der Waals surface area contributed by atoms with Crippen LogP contribution in [-0.2, 0) is 22.0 Å². The van der Waals surface area contributed by atoms with E-state index in [2.05, 4.69) is 20.7 Å². The third-order valence-corrected chi connectivity index (χ3v) is 6.57. The van der Waals surface area contributed by atoms with Crippen molar-refractivity contribution < 1.29 is 19.1 Å². The van der Waals surface area contributed by atoms with E-state index in [1.54, 1.807) is 22.9 Å². The summed E-state index contributed by atoms with van der Waals surface area (Å²) in [5, 5.41) is 12.1. The summed E-state index contributed by atoms with van der Waals surface area (Å²) in [5.41, 5.74) is 9.15. The summed E-state index contributed by atoms with van der Waals surface area (Å²) in [7, 11) is 1.87. The predicted molar refractivity (Wildman–Crippen MR) is 146 cm³/mol. The van der Waals surface area contributed by atoms with E-state index in [-0.39, 0.29) is 13.2 Å². The van der Waals surface area contributed by atoms with Crippen LogP contribution in [0.4, 0.5) is 9.93 Å². The van der Waals surface area contributed by atoms with Crippen molar-refractivity contribution in [2.45, 2.75) is 19.3 Å². The molecule has 0 bridgehead atoms. The van der Waals surface area contributed by atoms with Crippen molar-refractivity contribution in [2.24, 2.45) is 12.8 Å². The highest BCUT2D eigenvalue weighted by atomic mass is 32.1. The number of nitrogens with one attached hydrogen (secondary N) is 2. The number of primary amides is 1. The second-order valence-electron chi connectivity index (χ2n) is 9.30. The Hall–Kier alpha value is -4.51. The quantitative estimate of drug-likeness (QED) is 0.298. The number of thiazole rings is 1. The minimum Gasteiger partial charge on any atom is -0.449 e. The van der Waals surface area contributed by atoms with Gasteiger partial charge in [0.15, 0.2) is 5.13 Å². The molecular weight excluding hydrogens is 504 g/mol. The van der Waals surface area contributed by atoms with Crippen LogP contribution in [0.2, 0.25) is 0 Å². The van der Waals surface area contributed by atoms with Crippen LogP contribution in [0.5, 0.6) is 0 Å². The molecule has 0 saturated heterocycles. The first-order valence-electron chi connectivity index (χ1n) is 11.8. The Morgan fingerprint density at radius 1 is 1.05 bits per heavy atom. The molecule has 0 atom stereocenters. The number of anilines is 1. The highest BCUT2D eigenvalue weighted by molar-refractivity contribution is 7.14. The first-order valence-corrected chi connectivity index (χ1v) is 12.7. The number of rotatable bonds is 9. The number of hydrogen-bond donors (Lipinski definition) is 3. The number of carbonyl (C=O) groups excluding carboxylic acids is 3. The number of benzene rings is 2. The van der Waals surface area contributed by atoms with Crippen molar-refractivity contribution in [3.63, 3.8) is 0 Å². The Labute approximate surface area is 223 Å². The largest absolute Gasteiger partial charge is 0.449 e. The first-order chi connectivity index (χ1) is 18.1. The molecule has 0 aliphatic carbocycles. The van der Waals surface area contributed by atoms with E-state index in [4.69, 9.17) is 10.5 Å². The van der Waals surface area contributed by atoms with Crippen LogP contribution >= 0.6 is 11.3 Å². The number of aromatic nitrogens is 3. The van der Waals surface area contributed by atoms with Crippen LogP contribution in [0.15, 0.2) is 66.2 Å². The van der Waals surface area contributed by atoms with E-state index < -0.39 is 23.3 Å². The monoisotopic (exact) mass is 532 g/mol. The number of nitrogens with zero attached hydrogens (tertiary/aromatic N) is 3. The van der Waals surface area contributed by atoms with E-state index in [1.165, 1.54) is 11.3 Å². The molecule has 4 aromatic rings. The first kappa shape index (κ1) is 26.6. The van der Waals surface area contributed by atoms with Gasteiger partial charge in [-0.05, 0) is 29.8 Å². The van der Waals surface area contributed by atoms with E-state index in [9.17, 15) is 14.4 Å². The van der Waals surface area contributed by atoms with Gasteiger partial charge < -0.3 is 21.1 Å². The molecule has 38 heavy (non-hydrogen) atoms. The number of carbonyl (C=O) groups is 3. The fraction of sp³-hybridized carbons (Fsp3) is 0.222. The molecule has 2 aromatic carbocycles. The maximum Gasteiger partial charge on any atom is 0.404 e. The molecular formula is C27H28N6O4S. The normalized spacial score (nSPS) is 11.1. The van der Waals surface area contributed by atoms with E-state index in [0.29, 0.717) is 10.7 Å². The molecule has 11 heteroatoms. The second kappa shape index (κ2) is 11.3. The second-order valence-corrected chi connectivity index (χ2v) is 10.2. The molecule has 10 nitrogen and oxygen atoms in total. The van der Waals surface area contributed by atoms with Crippen molar-refractivity contribution >= 4 is 34.4 Å². The van der Waals surface area contributed by atoms with Crippen LogP contribution in [0, 0.1) is 0 Å². The maximum absolute atomic E-state index is 12.7. The van der Waals surface area contributed by atoms with Crippen LogP contribution in [-0.4, -0.2) is 45.8 Å². The molecule has 196 valence electrons. The van der Waals surface area contributed by atoms with Gasteiger partial charge in [-0.1, -0.05) is 44.2 Å². The highest BCUT2D eigenvalue weighted by Crippen LogP contribution is 2.28. The van der Waals surface area contributed by atoms with Gasteiger partial charge in [0, 0.05) is 40.7 Å². The van der Waals surface area contributed by atoms with E-state index in [1.807, 2.05) is 68.9 Å². The number of nitrogens with two attached hydrogens (primary N) is 1. The lowest BCUT2D eigenvalue weighted by Gasteiger charge is -2.24. The summed E-state index contributed by atoms with van der Waals surface area (Å²) in [6.45, 7) is 3.59. The molecule has 0 radical (unpaired) electrons. The zero-order valence-electron chi connectivity index (χ0n) is 21.2. The van der Waals surface area contributed by atoms with Crippen LogP contribution in [0.25, 0.3) is 22.5 Å². The molecule has 3 amide bonds. The summed E-state index contributed by atoms with van der Waals surface area (Å²) in [6.07, 6.45) is 1.03. The average molecular weight is 533 g/mol. The van der Waals surface area contributed by atoms with Crippen molar-refractivity contribution in [1.29, 1.82) is 0 Å². The van der Waals surface area contributed by atoms with Crippen molar-refractivity contribution in [3.05, 3.63) is 77.3 Å². The van der Waals surface area contributed by atoms with Crippen molar-refractivity contribution in [1.82, 2.24) is 20.1 Å². The Balaban J connectivity index is 1.34. The van der Waals surface area contributed by atoms with Gasteiger partial charge in [-0.2, -0.15) is 5.10 Å². The molecule has 4 N–H and O–H groups in total. The fourth-order valence-corrected chi connectivity index (χ4v) is 4.45. The molecule has 0 saturated carbocycles. The van der Waals surface area contributed by atoms with Crippen LogP contribution in [0.1, 0.15) is 29.8 Å². The smallest absolute Gasteiger partial charge is 0.404 e. The third-order valence-electron chi connectivity index (χ3n) is 5.81. The third kappa shape index (κ3) is 6.62. The Kier molecular flexibility index (Phi) is 7.87. The molecule has 2 aromatic heterocycles. The minimum atomic E-state index is -0.858. The van der Waals surface area contributed by atoms with Crippen molar-refractivity contribution in [2.75, 3.05) is 18.5 Å². The van der Waals surface area contributed by atoms with Gasteiger partial charge in [-0.3, -0.25) is 14.3 Å². The number of aryl methyl sites for hydroxylation is 1. The molecule has 2 heterocycles.